The van der Waals surface area contributed by atoms with Gasteiger partial charge in [-0.2, -0.15) is 0 Å². The molecule has 0 radical (unpaired) electrons. The molecular weight excluding hydrogens is 266 g/mol. The first-order valence-electron chi connectivity index (χ1n) is 7.05. The van der Waals surface area contributed by atoms with Crippen LogP contribution in [0.25, 0.3) is 0 Å². The molecule has 0 spiro atoms. The summed E-state index contributed by atoms with van der Waals surface area (Å²) in [6, 6.07) is 7.93. The van der Waals surface area contributed by atoms with E-state index in [0.29, 0.717) is 12.2 Å². The Balaban J connectivity index is 1.77. The molecule has 0 unspecified atom stereocenters. The lowest BCUT2D eigenvalue weighted by molar-refractivity contribution is 0.0948. The molecule has 0 aliphatic carbocycles. The Labute approximate surface area is 124 Å². The van der Waals surface area contributed by atoms with Crippen LogP contribution >= 0.6 is 0 Å². The number of carbonyl (C=O) groups is 1. The van der Waals surface area contributed by atoms with Gasteiger partial charge in [0.15, 0.2) is 0 Å². The highest BCUT2D eigenvalue weighted by Gasteiger charge is 2.05. The second kappa shape index (κ2) is 7.99. The summed E-state index contributed by atoms with van der Waals surface area (Å²) in [7, 11) is 0. The maximum absolute atomic E-state index is 11.8. The predicted molar refractivity (Wildman–Crippen MR) is 80.3 cm³/mol. The fourth-order valence-electron chi connectivity index (χ4n) is 1.80. The molecule has 0 saturated heterocycles. The van der Waals surface area contributed by atoms with E-state index in [2.05, 4.69) is 22.2 Å². The number of hydrogen-bond acceptors (Lipinski definition) is 4. The Bertz CT molecular complexity index is 555. The number of nitrogens with one attached hydrogen (secondary N) is 1. The van der Waals surface area contributed by atoms with Crippen LogP contribution in [0.2, 0.25) is 0 Å². The number of ether oxygens (including phenoxy) is 1. The molecule has 1 amide bonds. The van der Waals surface area contributed by atoms with E-state index in [1.165, 1.54) is 12.4 Å². The summed E-state index contributed by atoms with van der Waals surface area (Å²) in [5.41, 5.74) is 1.49. The highest BCUT2D eigenvalue weighted by Crippen LogP contribution is 2.12. The van der Waals surface area contributed by atoms with E-state index in [4.69, 9.17) is 4.74 Å². The summed E-state index contributed by atoms with van der Waals surface area (Å²) < 4.78 is 5.53. The van der Waals surface area contributed by atoms with Crippen molar-refractivity contribution in [2.24, 2.45) is 0 Å². The number of aromatic nitrogens is 2. The Hall–Kier alpha value is -2.43. The average Bonchev–Trinajstić information content (AvgIpc) is 2.55. The molecule has 1 aromatic heterocycles. The maximum atomic E-state index is 11.8. The van der Waals surface area contributed by atoms with Gasteiger partial charge in [0.05, 0.1) is 12.8 Å². The van der Waals surface area contributed by atoms with E-state index < -0.39 is 0 Å². The van der Waals surface area contributed by atoms with Gasteiger partial charge in [-0.25, -0.2) is 4.98 Å². The predicted octanol–water partition coefficient (Wildman–Crippen LogP) is 2.24. The summed E-state index contributed by atoms with van der Waals surface area (Å²) >= 11 is 0. The van der Waals surface area contributed by atoms with E-state index in [9.17, 15) is 4.79 Å². The Morgan fingerprint density at radius 3 is 2.71 bits per heavy atom. The largest absolute Gasteiger partial charge is 0.494 e. The topological polar surface area (TPSA) is 64.1 Å². The van der Waals surface area contributed by atoms with Crippen molar-refractivity contribution in [2.45, 2.75) is 19.8 Å². The van der Waals surface area contributed by atoms with Crippen LogP contribution in [0.3, 0.4) is 0 Å². The normalized spacial score (nSPS) is 10.1. The quantitative estimate of drug-likeness (QED) is 0.847. The van der Waals surface area contributed by atoms with Crippen molar-refractivity contribution in [1.29, 1.82) is 0 Å². The molecule has 5 heteroatoms. The molecule has 110 valence electrons. The first-order valence-corrected chi connectivity index (χ1v) is 7.05. The standard InChI is InChI=1S/C16H19N3O2/c1-2-11-21-14-5-3-13(4-6-14)7-8-19-16(20)15-12-17-9-10-18-15/h3-6,9-10,12H,2,7-8,11H2,1H3,(H,19,20). The molecule has 1 N–H and O–H groups in total. The molecular formula is C16H19N3O2. The van der Waals surface area contributed by atoms with Crippen LogP contribution in [0, 0.1) is 0 Å². The van der Waals surface area contributed by atoms with Gasteiger partial charge in [-0.05, 0) is 30.5 Å². The molecule has 0 fully saturated rings. The Morgan fingerprint density at radius 1 is 1.24 bits per heavy atom. The van der Waals surface area contributed by atoms with Crippen molar-refractivity contribution in [3.05, 3.63) is 54.1 Å². The van der Waals surface area contributed by atoms with E-state index in [1.54, 1.807) is 6.20 Å². The van der Waals surface area contributed by atoms with Crippen LogP contribution in [-0.2, 0) is 6.42 Å². The first-order chi connectivity index (χ1) is 10.3. The molecule has 0 bridgehead atoms. The van der Waals surface area contributed by atoms with Gasteiger partial charge in [0.25, 0.3) is 5.91 Å². The third-order valence-corrected chi connectivity index (χ3v) is 2.89. The average molecular weight is 285 g/mol. The fraction of sp³-hybridized carbons (Fsp3) is 0.312. The minimum atomic E-state index is -0.203. The number of rotatable bonds is 7. The van der Waals surface area contributed by atoms with Crippen molar-refractivity contribution in [2.75, 3.05) is 13.2 Å². The smallest absolute Gasteiger partial charge is 0.271 e. The number of nitrogens with zero attached hydrogens (tertiary/aromatic N) is 2. The second-order valence-corrected chi connectivity index (χ2v) is 4.59. The lowest BCUT2D eigenvalue weighted by atomic mass is 10.1. The van der Waals surface area contributed by atoms with Gasteiger partial charge in [-0.15, -0.1) is 0 Å². The summed E-state index contributed by atoms with van der Waals surface area (Å²) in [5, 5.41) is 2.82. The van der Waals surface area contributed by atoms with Gasteiger partial charge in [0.2, 0.25) is 0 Å². The number of amides is 1. The molecule has 0 atom stereocenters. The van der Waals surface area contributed by atoms with Gasteiger partial charge in [-0.3, -0.25) is 9.78 Å². The molecule has 0 saturated carbocycles. The number of carbonyl (C=O) groups excluding carboxylic acids is 1. The maximum Gasteiger partial charge on any atom is 0.271 e. The van der Waals surface area contributed by atoms with Crippen LogP contribution in [0.5, 0.6) is 5.75 Å². The van der Waals surface area contributed by atoms with E-state index >= 15 is 0 Å². The zero-order valence-electron chi connectivity index (χ0n) is 12.1. The molecule has 2 aromatic rings. The van der Waals surface area contributed by atoms with Gasteiger partial charge >= 0.3 is 0 Å². The fourth-order valence-corrected chi connectivity index (χ4v) is 1.80. The molecule has 2 rings (SSSR count). The number of benzene rings is 1. The molecule has 5 nitrogen and oxygen atoms in total. The van der Waals surface area contributed by atoms with Crippen molar-refractivity contribution in [3.63, 3.8) is 0 Å². The zero-order valence-corrected chi connectivity index (χ0v) is 12.1. The SMILES string of the molecule is CCCOc1ccc(CCNC(=O)c2cnccn2)cc1. The zero-order chi connectivity index (χ0) is 14.9. The molecule has 0 aliphatic heterocycles. The minimum absolute atomic E-state index is 0.203. The van der Waals surface area contributed by atoms with Crippen molar-refractivity contribution in [3.8, 4) is 5.75 Å². The van der Waals surface area contributed by atoms with Crippen LogP contribution in [0.15, 0.2) is 42.9 Å². The second-order valence-electron chi connectivity index (χ2n) is 4.59. The van der Waals surface area contributed by atoms with Crippen LogP contribution < -0.4 is 10.1 Å². The van der Waals surface area contributed by atoms with Gasteiger partial charge in [-0.1, -0.05) is 19.1 Å². The first kappa shape index (κ1) is 15.0. The highest BCUT2D eigenvalue weighted by atomic mass is 16.5. The van der Waals surface area contributed by atoms with E-state index in [1.807, 2.05) is 24.3 Å². The Morgan fingerprint density at radius 2 is 2.05 bits per heavy atom. The molecule has 21 heavy (non-hydrogen) atoms. The monoisotopic (exact) mass is 285 g/mol. The van der Waals surface area contributed by atoms with Gasteiger partial charge in [0, 0.05) is 18.9 Å². The summed E-state index contributed by atoms with van der Waals surface area (Å²) in [6.07, 6.45) is 6.26. The number of hydrogen-bond donors (Lipinski definition) is 1. The summed E-state index contributed by atoms with van der Waals surface area (Å²) in [4.78, 5) is 19.6. The third-order valence-electron chi connectivity index (χ3n) is 2.89. The molecule has 0 aliphatic rings. The summed E-state index contributed by atoms with van der Waals surface area (Å²) in [6.45, 7) is 3.37. The van der Waals surface area contributed by atoms with E-state index in [0.717, 1.165) is 30.8 Å². The third kappa shape index (κ3) is 4.87. The van der Waals surface area contributed by atoms with Crippen molar-refractivity contribution >= 4 is 5.91 Å². The Kier molecular flexibility index (Phi) is 5.70. The molecule has 1 aromatic carbocycles. The van der Waals surface area contributed by atoms with Crippen LogP contribution in [0.4, 0.5) is 0 Å². The van der Waals surface area contributed by atoms with Crippen LogP contribution in [0.1, 0.15) is 29.4 Å². The lowest BCUT2D eigenvalue weighted by Crippen LogP contribution is -2.26. The molecule has 1 heterocycles. The van der Waals surface area contributed by atoms with Crippen molar-refractivity contribution in [1.82, 2.24) is 15.3 Å². The summed E-state index contributed by atoms with van der Waals surface area (Å²) in [5.74, 6) is 0.676. The lowest BCUT2D eigenvalue weighted by Gasteiger charge is -2.07. The van der Waals surface area contributed by atoms with Crippen LogP contribution in [-0.4, -0.2) is 29.0 Å². The van der Waals surface area contributed by atoms with Crippen molar-refractivity contribution < 1.29 is 9.53 Å². The minimum Gasteiger partial charge on any atom is -0.494 e. The van der Waals surface area contributed by atoms with Gasteiger partial charge < -0.3 is 10.1 Å². The van der Waals surface area contributed by atoms with E-state index in [-0.39, 0.29) is 5.91 Å². The highest BCUT2D eigenvalue weighted by molar-refractivity contribution is 5.91. The van der Waals surface area contributed by atoms with Gasteiger partial charge in [0.1, 0.15) is 11.4 Å².